The Morgan fingerprint density at radius 3 is 3.00 bits per heavy atom. The number of aromatic amines is 1. The number of hydrogen-bond donors (Lipinski definition) is 1. The van der Waals surface area contributed by atoms with Crippen molar-refractivity contribution in [3.05, 3.63) is 40.3 Å². The summed E-state index contributed by atoms with van der Waals surface area (Å²) in [5.74, 6) is 0.718. The Bertz CT molecular complexity index is 552. The second-order valence-corrected chi connectivity index (χ2v) is 4.42. The third kappa shape index (κ3) is 2.15. The molecule has 0 spiro atoms. The highest BCUT2D eigenvalue weighted by molar-refractivity contribution is 9.10. The number of benzene rings is 1. The van der Waals surface area contributed by atoms with E-state index in [0.717, 1.165) is 27.2 Å². The number of nitrogens with zero attached hydrogens (tertiary/aromatic N) is 2. The van der Waals surface area contributed by atoms with E-state index in [0.29, 0.717) is 6.42 Å². The van der Waals surface area contributed by atoms with Crippen LogP contribution in [0.3, 0.4) is 0 Å². The Hall–Kier alpha value is -1.60. The van der Waals surface area contributed by atoms with Crippen molar-refractivity contribution in [2.75, 3.05) is 0 Å². The molecule has 16 heavy (non-hydrogen) atoms. The van der Waals surface area contributed by atoms with Gasteiger partial charge in [-0.1, -0.05) is 28.1 Å². The fourth-order valence-electron chi connectivity index (χ4n) is 1.60. The minimum Gasteiger partial charge on any atom is -0.345 e. The van der Waals surface area contributed by atoms with Crippen LogP contribution in [0, 0.1) is 18.3 Å². The average molecular weight is 276 g/mol. The molecule has 0 aliphatic rings. The van der Waals surface area contributed by atoms with Crippen LogP contribution in [-0.2, 0) is 6.42 Å². The summed E-state index contributed by atoms with van der Waals surface area (Å²) >= 11 is 3.43. The van der Waals surface area contributed by atoms with Crippen molar-refractivity contribution in [3.63, 3.8) is 0 Å². The van der Waals surface area contributed by atoms with Gasteiger partial charge in [0.05, 0.1) is 18.2 Å². The van der Waals surface area contributed by atoms with Gasteiger partial charge in [0.25, 0.3) is 0 Å². The summed E-state index contributed by atoms with van der Waals surface area (Å²) in [6.45, 7) is 1.96. The zero-order valence-corrected chi connectivity index (χ0v) is 10.4. The van der Waals surface area contributed by atoms with Gasteiger partial charge >= 0.3 is 0 Å². The van der Waals surface area contributed by atoms with E-state index < -0.39 is 0 Å². The predicted octanol–water partition coefficient (Wildman–Crippen LogP) is 3.21. The molecule has 3 nitrogen and oxygen atoms in total. The van der Waals surface area contributed by atoms with Crippen LogP contribution in [-0.4, -0.2) is 9.97 Å². The highest BCUT2D eigenvalue weighted by Crippen LogP contribution is 2.24. The standard InChI is InChI=1S/C12H10BrN3/c1-8-12(16-11(15-8)5-6-14)9-3-2-4-10(13)7-9/h2-4,7H,5H2,1H3,(H,15,16). The van der Waals surface area contributed by atoms with Gasteiger partial charge in [-0.2, -0.15) is 5.26 Å². The van der Waals surface area contributed by atoms with Gasteiger partial charge < -0.3 is 4.98 Å². The number of aromatic nitrogens is 2. The largest absolute Gasteiger partial charge is 0.345 e. The molecule has 0 unspecified atom stereocenters. The Morgan fingerprint density at radius 2 is 2.31 bits per heavy atom. The molecule has 1 aromatic heterocycles. The SMILES string of the molecule is Cc1[nH]c(CC#N)nc1-c1cccc(Br)c1. The van der Waals surface area contributed by atoms with E-state index in [4.69, 9.17) is 5.26 Å². The maximum absolute atomic E-state index is 8.62. The van der Waals surface area contributed by atoms with Crippen LogP contribution in [0.25, 0.3) is 11.3 Å². The Morgan fingerprint density at radius 1 is 1.50 bits per heavy atom. The first-order chi connectivity index (χ1) is 7.70. The Balaban J connectivity index is 2.44. The van der Waals surface area contributed by atoms with Crippen molar-refractivity contribution >= 4 is 15.9 Å². The molecule has 2 aromatic rings. The fraction of sp³-hybridized carbons (Fsp3) is 0.167. The van der Waals surface area contributed by atoms with Crippen LogP contribution >= 0.6 is 15.9 Å². The minimum atomic E-state index is 0.314. The summed E-state index contributed by atoms with van der Waals surface area (Å²) in [6.07, 6.45) is 0.314. The molecule has 80 valence electrons. The molecule has 0 aliphatic carbocycles. The summed E-state index contributed by atoms with van der Waals surface area (Å²) in [7, 11) is 0. The molecule has 0 saturated heterocycles. The second kappa shape index (κ2) is 4.50. The predicted molar refractivity (Wildman–Crippen MR) is 65.8 cm³/mol. The first kappa shape index (κ1) is 10.9. The van der Waals surface area contributed by atoms with Gasteiger partial charge in [0.1, 0.15) is 5.82 Å². The van der Waals surface area contributed by atoms with Crippen molar-refractivity contribution in [2.45, 2.75) is 13.3 Å². The molecule has 4 heteroatoms. The number of hydrogen-bond acceptors (Lipinski definition) is 2. The maximum Gasteiger partial charge on any atom is 0.121 e. The molecule has 1 aromatic carbocycles. The van der Waals surface area contributed by atoms with Crippen LogP contribution in [0.15, 0.2) is 28.7 Å². The lowest BCUT2D eigenvalue weighted by molar-refractivity contribution is 1.05. The molecular weight excluding hydrogens is 266 g/mol. The summed E-state index contributed by atoms with van der Waals surface area (Å²) in [4.78, 5) is 7.53. The molecule has 0 radical (unpaired) electrons. The van der Waals surface area contributed by atoms with Crippen LogP contribution < -0.4 is 0 Å². The molecule has 0 aliphatic heterocycles. The number of aryl methyl sites for hydroxylation is 1. The quantitative estimate of drug-likeness (QED) is 0.915. The van der Waals surface area contributed by atoms with E-state index in [1.807, 2.05) is 31.2 Å². The van der Waals surface area contributed by atoms with Crippen LogP contribution in [0.4, 0.5) is 0 Å². The van der Waals surface area contributed by atoms with Crippen LogP contribution in [0.1, 0.15) is 11.5 Å². The summed E-state index contributed by atoms with van der Waals surface area (Å²) in [5.41, 5.74) is 2.95. The van der Waals surface area contributed by atoms with E-state index in [1.165, 1.54) is 0 Å². The van der Waals surface area contributed by atoms with Gasteiger partial charge in [-0.3, -0.25) is 0 Å². The third-order valence-corrected chi connectivity index (χ3v) is 2.77. The molecular formula is C12H10BrN3. The van der Waals surface area contributed by atoms with Gasteiger partial charge in [-0.05, 0) is 19.1 Å². The smallest absolute Gasteiger partial charge is 0.121 e. The van der Waals surface area contributed by atoms with Gasteiger partial charge in [0.15, 0.2) is 0 Å². The van der Waals surface area contributed by atoms with E-state index >= 15 is 0 Å². The number of rotatable bonds is 2. The van der Waals surface area contributed by atoms with Crippen molar-refractivity contribution in [3.8, 4) is 17.3 Å². The van der Waals surface area contributed by atoms with E-state index in [9.17, 15) is 0 Å². The van der Waals surface area contributed by atoms with Crippen molar-refractivity contribution in [2.24, 2.45) is 0 Å². The molecule has 0 bridgehead atoms. The molecule has 1 N–H and O–H groups in total. The average Bonchev–Trinajstić information content (AvgIpc) is 2.60. The highest BCUT2D eigenvalue weighted by atomic mass is 79.9. The lowest BCUT2D eigenvalue weighted by Crippen LogP contribution is -1.83. The van der Waals surface area contributed by atoms with Crippen molar-refractivity contribution < 1.29 is 0 Å². The van der Waals surface area contributed by atoms with Crippen molar-refractivity contribution in [1.82, 2.24) is 9.97 Å². The first-order valence-corrected chi connectivity index (χ1v) is 5.68. The zero-order valence-electron chi connectivity index (χ0n) is 8.79. The molecule has 0 amide bonds. The molecule has 2 rings (SSSR count). The Labute approximate surface area is 102 Å². The van der Waals surface area contributed by atoms with Crippen molar-refractivity contribution in [1.29, 1.82) is 5.26 Å². The lowest BCUT2D eigenvalue weighted by Gasteiger charge is -1.98. The van der Waals surface area contributed by atoms with Crippen LogP contribution in [0.5, 0.6) is 0 Å². The van der Waals surface area contributed by atoms with Gasteiger partial charge in [0, 0.05) is 15.7 Å². The van der Waals surface area contributed by atoms with Gasteiger partial charge in [-0.25, -0.2) is 4.98 Å². The number of imidazole rings is 1. The van der Waals surface area contributed by atoms with E-state index in [2.05, 4.69) is 32.0 Å². The monoisotopic (exact) mass is 275 g/mol. The first-order valence-electron chi connectivity index (χ1n) is 4.89. The Kier molecular flexibility index (Phi) is 3.07. The minimum absolute atomic E-state index is 0.314. The number of halogens is 1. The fourth-order valence-corrected chi connectivity index (χ4v) is 2.00. The molecule has 0 saturated carbocycles. The lowest BCUT2D eigenvalue weighted by atomic mass is 10.1. The highest BCUT2D eigenvalue weighted by Gasteiger charge is 2.08. The van der Waals surface area contributed by atoms with E-state index in [-0.39, 0.29) is 0 Å². The summed E-state index contributed by atoms with van der Waals surface area (Å²) in [6, 6.07) is 10.0. The van der Waals surface area contributed by atoms with Gasteiger partial charge in [-0.15, -0.1) is 0 Å². The number of nitriles is 1. The number of H-pyrrole nitrogens is 1. The second-order valence-electron chi connectivity index (χ2n) is 3.50. The van der Waals surface area contributed by atoms with Gasteiger partial charge in [0.2, 0.25) is 0 Å². The molecule has 0 fully saturated rings. The maximum atomic E-state index is 8.62. The van der Waals surface area contributed by atoms with E-state index in [1.54, 1.807) is 0 Å². The molecule has 1 heterocycles. The van der Waals surface area contributed by atoms with Crippen LogP contribution in [0.2, 0.25) is 0 Å². The summed E-state index contributed by atoms with van der Waals surface area (Å²) < 4.78 is 1.02. The summed E-state index contributed by atoms with van der Waals surface area (Å²) in [5, 5.41) is 8.62. The number of nitrogens with one attached hydrogen (secondary N) is 1. The molecule has 0 atom stereocenters. The normalized spacial score (nSPS) is 10.1. The topological polar surface area (TPSA) is 52.5 Å². The third-order valence-electron chi connectivity index (χ3n) is 2.28. The zero-order chi connectivity index (χ0) is 11.5.